The second kappa shape index (κ2) is 2.76. The molecule has 0 aromatic heterocycles. The molecule has 3 heterocycles. The molecule has 1 aromatic carbocycles. The summed E-state index contributed by atoms with van der Waals surface area (Å²) in [7, 11) is 0. The quantitative estimate of drug-likeness (QED) is 0.688. The number of hydrogen-bond acceptors (Lipinski definition) is 2. The summed E-state index contributed by atoms with van der Waals surface area (Å²) in [6.45, 7) is 3.90. The van der Waals surface area contributed by atoms with E-state index in [9.17, 15) is 0 Å². The van der Waals surface area contributed by atoms with E-state index in [1.807, 2.05) is 0 Å². The molecule has 2 heteroatoms. The summed E-state index contributed by atoms with van der Waals surface area (Å²) in [4.78, 5) is 2.62. The van der Waals surface area contributed by atoms with Crippen LogP contribution in [-0.4, -0.2) is 30.6 Å². The Morgan fingerprint density at radius 1 is 1.20 bits per heavy atom. The van der Waals surface area contributed by atoms with Crippen LogP contribution in [0.4, 0.5) is 5.69 Å². The Kier molecular flexibility index (Phi) is 1.50. The highest BCUT2D eigenvalue weighted by Crippen LogP contribution is 2.46. The Morgan fingerprint density at radius 2 is 2.13 bits per heavy atom. The Bertz CT molecular complexity index is 401. The van der Waals surface area contributed by atoms with Gasteiger partial charge in [-0.3, -0.25) is 0 Å². The minimum Gasteiger partial charge on any atom is -0.380 e. The normalized spacial score (nSPS) is 40.8. The summed E-state index contributed by atoms with van der Waals surface area (Å²) < 4.78 is 0. The summed E-state index contributed by atoms with van der Waals surface area (Å²) >= 11 is 0. The van der Waals surface area contributed by atoms with Crippen LogP contribution in [0.1, 0.15) is 17.9 Å². The van der Waals surface area contributed by atoms with Crippen LogP contribution in [0.3, 0.4) is 0 Å². The molecule has 0 radical (unpaired) electrons. The van der Waals surface area contributed by atoms with E-state index in [1.165, 1.54) is 31.7 Å². The van der Waals surface area contributed by atoms with Crippen molar-refractivity contribution in [2.75, 3.05) is 25.0 Å². The average molecular weight is 200 g/mol. The molecule has 15 heavy (non-hydrogen) atoms. The van der Waals surface area contributed by atoms with Crippen molar-refractivity contribution in [2.24, 2.45) is 5.92 Å². The van der Waals surface area contributed by atoms with Gasteiger partial charge in [0.05, 0.1) is 0 Å². The molecule has 4 atom stereocenters. The first-order chi connectivity index (χ1) is 7.42. The number of benzene rings is 1. The van der Waals surface area contributed by atoms with Crippen LogP contribution in [0.2, 0.25) is 0 Å². The van der Waals surface area contributed by atoms with Gasteiger partial charge in [0, 0.05) is 30.7 Å². The Morgan fingerprint density at radius 3 is 3.13 bits per heavy atom. The topological polar surface area (TPSA) is 15.3 Å². The van der Waals surface area contributed by atoms with Gasteiger partial charge in [-0.15, -0.1) is 0 Å². The van der Waals surface area contributed by atoms with Gasteiger partial charge in [-0.2, -0.15) is 0 Å². The van der Waals surface area contributed by atoms with E-state index in [1.54, 1.807) is 5.56 Å². The third kappa shape index (κ3) is 1.03. The van der Waals surface area contributed by atoms with Crippen molar-refractivity contribution in [3.8, 4) is 0 Å². The van der Waals surface area contributed by atoms with Crippen molar-refractivity contribution in [2.45, 2.75) is 18.4 Å². The third-order valence-electron chi connectivity index (χ3n) is 4.37. The van der Waals surface area contributed by atoms with Gasteiger partial charge in [0.15, 0.2) is 0 Å². The van der Waals surface area contributed by atoms with Crippen LogP contribution >= 0.6 is 0 Å². The molecule has 0 amide bonds. The summed E-state index contributed by atoms with van der Waals surface area (Å²) in [5.74, 6) is 1.69. The van der Waals surface area contributed by atoms with Crippen molar-refractivity contribution in [3.63, 3.8) is 0 Å². The first-order valence-electron chi connectivity index (χ1n) is 5.99. The zero-order valence-electron chi connectivity index (χ0n) is 8.82. The lowest BCUT2D eigenvalue weighted by Gasteiger charge is -2.33. The Balaban J connectivity index is 1.80. The van der Waals surface area contributed by atoms with Crippen LogP contribution in [-0.2, 0) is 0 Å². The highest BCUT2D eigenvalue weighted by molar-refractivity contribution is 5.60. The molecule has 2 fully saturated rings. The van der Waals surface area contributed by atoms with Gasteiger partial charge in [-0.1, -0.05) is 18.2 Å². The second-order valence-corrected chi connectivity index (χ2v) is 5.17. The highest BCUT2D eigenvalue weighted by Gasteiger charge is 2.45. The average Bonchev–Trinajstić information content (AvgIpc) is 2.80. The minimum atomic E-state index is 0.684. The predicted molar refractivity (Wildman–Crippen MR) is 61.1 cm³/mol. The number of piperidine rings is 1. The molecular formula is C13H16N2. The molecule has 3 aliphatic heterocycles. The standard InChI is InChI=1S/C13H16N2/c1-2-4-11-10(3-1)13-9-5-6-15(7-9)8-12(13)14-11/h1-4,9,12-14H,5-8H2. The van der Waals surface area contributed by atoms with E-state index >= 15 is 0 Å². The molecule has 1 N–H and O–H groups in total. The number of rotatable bonds is 0. The van der Waals surface area contributed by atoms with E-state index in [2.05, 4.69) is 34.5 Å². The number of hydrogen-bond donors (Lipinski definition) is 1. The van der Waals surface area contributed by atoms with E-state index in [-0.39, 0.29) is 0 Å². The largest absolute Gasteiger partial charge is 0.380 e. The molecule has 1 aromatic rings. The van der Waals surface area contributed by atoms with Crippen LogP contribution in [0.25, 0.3) is 0 Å². The lowest BCUT2D eigenvalue weighted by atomic mass is 9.81. The number of nitrogens with one attached hydrogen (secondary N) is 1. The monoisotopic (exact) mass is 200 g/mol. The number of nitrogens with zero attached hydrogens (tertiary/aromatic N) is 1. The minimum absolute atomic E-state index is 0.684. The highest BCUT2D eigenvalue weighted by atomic mass is 15.2. The maximum absolute atomic E-state index is 3.70. The number of para-hydroxylation sites is 1. The molecular weight excluding hydrogens is 184 g/mol. The van der Waals surface area contributed by atoms with Crippen molar-refractivity contribution in [1.29, 1.82) is 0 Å². The summed E-state index contributed by atoms with van der Waals surface area (Å²) in [5.41, 5.74) is 2.97. The molecule has 2 saturated heterocycles. The Labute approximate surface area is 90.3 Å². The van der Waals surface area contributed by atoms with E-state index in [4.69, 9.17) is 0 Å². The molecule has 0 saturated carbocycles. The summed E-state index contributed by atoms with van der Waals surface area (Å²) in [6, 6.07) is 9.56. The van der Waals surface area contributed by atoms with E-state index < -0.39 is 0 Å². The maximum atomic E-state index is 3.70. The molecule has 2 bridgehead atoms. The molecule has 78 valence electrons. The molecule has 3 aliphatic rings. The first kappa shape index (κ1) is 8.17. The molecule has 0 aliphatic carbocycles. The molecule has 2 nitrogen and oxygen atoms in total. The van der Waals surface area contributed by atoms with E-state index in [0.717, 1.165) is 11.8 Å². The van der Waals surface area contributed by atoms with Gasteiger partial charge in [0.1, 0.15) is 0 Å². The first-order valence-corrected chi connectivity index (χ1v) is 5.99. The number of anilines is 1. The zero-order chi connectivity index (χ0) is 9.83. The van der Waals surface area contributed by atoms with Crippen LogP contribution in [0.15, 0.2) is 24.3 Å². The van der Waals surface area contributed by atoms with Crippen molar-refractivity contribution in [3.05, 3.63) is 29.8 Å². The SMILES string of the molecule is c1ccc2c(c1)NC1CN3CCC(C3)C21. The molecule has 4 rings (SSSR count). The van der Waals surface area contributed by atoms with Gasteiger partial charge in [0.25, 0.3) is 0 Å². The van der Waals surface area contributed by atoms with Gasteiger partial charge >= 0.3 is 0 Å². The van der Waals surface area contributed by atoms with Gasteiger partial charge in [-0.05, 0) is 30.5 Å². The Hall–Kier alpha value is -1.02. The van der Waals surface area contributed by atoms with Gasteiger partial charge in [-0.25, -0.2) is 0 Å². The van der Waals surface area contributed by atoms with Crippen molar-refractivity contribution in [1.82, 2.24) is 4.90 Å². The fourth-order valence-corrected chi connectivity index (χ4v) is 3.77. The summed E-state index contributed by atoms with van der Waals surface area (Å²) in [6.07, 6.45) is 1.40. The van der Waals surface area contributed by atoms with Crippen LogP contribution < -0.4 is 5.32 Å². The second-order valence-electron chi connectivity index (χ2n) is 5.17. The molecule has 0 spiro atoms. The van der Waals surface area contributed by atoms with Crippen LogP contribution in [0, 0.1) is 5.92 Å². The lowest BCUT2D eigenvalue weighted by molar-refractivity contribution is 0.234. The predicted octanol–water partition coefficient (Wildman–Crippen LogP) is 1.90. The number of fused-ring (bicyclic) bond motifs is 6. The fourth-order valence-electron chi connectivity index (χ4n) is 3.77. The fraction of sp³-hybridized carbons (Fsp3) is 0.538. The third-order valence-corrected chi connectivity index (χ3v) is 4.37. The molecule has 4 unspecified atom stereocenters. The van der Waals surface area contributed by atoms with Crippen molar-refractivity contribution < 1.29 is 0 Å². The lowest BCUT2D eigenvalue weighted by Crippen LogP contribution is -2.42. The maximum Gasteiger partial charge on any atom is 0.0461 e. The van der Waals surface area contributed by atoms with Crippen LogP contribution in [0.5, 0.6) is 0 Å². The van der Waals surface area contributed by atoms with Gasteiger partial charge in [0.2, 0.25) is 0 Å². The van der Waals surface area contributed by atoms with Gasteiger partial charge < -0.3 is 10.2 Å². The van der Waals surface area contributed by atoms with Crippen molar-refractivity contribution >= 4 is 5.69 Å². The summed E-state index contributed by atoms with van der Waals surface area (Å²) in [5, 5.41) is 3.70. The van der Waals surface area contributed by atoms with E-state index in [0.29, 0.717) is 6.04 Å². The smallest absolute Gasteiger partial charge is 0.0461 e. The zero-order valence-corrected chi connectivity index (χ0v) is 8.82.